The van der Waals surface area contributed by atoms with Crippen LogP contribution in [0, 0.1) is 11.6 Å². The topological polar surface area (TPSA) is 29.5 Å². The van der Waals surface area contributed by atoms with Gasteiger partial charge in [0.1, 0.15) is 5.82 Å². The van der Waals surface area contributed by atoms with Gasteiger partial charge in [-0.05, 0) is 42.7 Å². The maximum absolute atomic E-state index is 13.5. The summed E-state index contributed by atoms with van der Waals surface area (Å²) in [6, 6.07) is 12.3. The van der Waals surface area contributed by atoms with Crippen molar-refractivity contribution in [2.45, 2.75) is 25.4 Å². The van der Waals surface area contributed by atoms with Crippen molar-refractivity contribution in [2.24, 2.45) is 0 Å². The van der Waals surface area contributed by atoms with Gasteiger partial charge in [0.15, 0.2) is 18.2 Å². The predicted molar refractivity (Wildman–Crippen MR) is 81.9 cm³/mol. The first kappa shape index (κ1) is 15.5. The number of ether oxygens (including phenoxy) is 1. The van der Waals surface area contributed by atoms with Crippen LogP contribution in [0.3, 0.4) is 0 Å². The van der Waals surface area contributed by atoms with Crippen LogP contribution in [-0.2, 0) is 11.3 Å². The van der Waals surface area contributed by atoms with Crippen molar-refractivity contribution in [3.8, 4) is 5.75 Å². The lowest BCUT2D eigenvalue weighted by molar-refractivity contribution is -0.134. The van der Waals surface area contributed by atoms with Crippen LogP contribution in [-0.4, -0.2) is 23.5 Å². The highest BCUT2D eigenvalue weighted by molar-refractivity contribution is 5.78. The number of amides is 1. The van der Waals surface area contributed by atoms with Gasteiger partial charge in [-0.2, -0.15) is 0 Å². The molecule has 120 valence electrons. The highest BCUT2D eigenvalue weighted by Crippen LogP contribution is 2.28. The van der Waals surface area contributed by atoms with E-state index < -0.39 is 5.82 Å². The smallest absolute Gasteiger partial charge is 0.261 e. The van der Waals surface area contributed by atoms with Gasteiger partial charge in [-0.25, -0.2) is 8.78 Å². The quantitative estimate of drug-likeness (QED) is 0.815. The third-order valence-corrected chi connectivity index (χ3v) is 3.74. The lowest BCUT2D eigenvalue weighted by Gasteiger charge is -2.22. The average Bonchev–Trinajstić information content (AvgIpc) is 3.36. The fourth-order valence-corrected chi connectivity index (χ4v) is 2.42. The number of para-hydroxylation sites is 1. The van der Waals surface area contributed by atoms with Gasteiger partial charge in [0.05, 0.1) is 0 Å². The van der Waals surface area contributed by atoms with Gasteiger partial charge in [0.25, 0.3) is 5.91 Å². The van der Waals surface area contributed by atoms with Crippen LogP contribution in [0.4, 0.5) is 8.78 Å². The molecule has 23 heavy (non-hydrogen) atoms. The zero-order valence-corrected chi connectivity index (χ0v) is 12.5. The average molecular weight is 317 g/mol. The Kier molecular flexibility index (Phi) is 4.55. The molecule has 1 amide bonds. The molecule has 0 N–H and O–H groups in total. The zero-order valence-electron chi connectivity index (χ0n) is 12.5. The molecule has 0 aliphatic heterocycles. The zero-order chi connectivity index (χ0) is 16.2. The summed E-state index contributed by atoms with van der Waals surface area (Å²) in [5.74, 6) is -0.987. The number of benzene rings is 2. The molecule has 0 bridgehead atoms. The number of hydrogen-bond donors (Lipinski definition) is 0. The summed E-state index contributed by atoms with van der Waals surface area (Å²) in [6.07, 6.45) is 1.86. The first-order valence-corrected chi connectivity index (χ1v) is 7.55. The SMILES string of the molecule is O=C(COc1ccccc1F)N(Cc1cccc(F)c1)C1CC1. The van der Waals surface area contributed by atoms with Crippen molar-refractivity contribution in [1.29, 1.82) is 0 Å². The third-order valence-electron chi connectivity index (χ3n) is 3.74. The van der Waals surface area contributed by atoms with Gasteiger partial charge < -0.3 is 9.64 Å². The highest BCUT2D eigenvalue weighted by atomic mass is 19.1. The summed E-state index contributed by atoms with van der Waals surface area (Å²) in [6.45, 7) is 0.106. The Balaban J connectivity index is 1.64. The van der Waals surface area contributed by atoms with Crippen LogP contribution in [0.1, 0.15) is 18.4 Å². The number of carbonyl (C=O) groups excluding carboxylic acids is 1. The molecule has 1 fully saturated rings. The Morgan fingerprint density at radius 3 is 2.61 bits per heavy atom. The first-order chi connectivity index (χ1) is 11.1. The lowest BCUT2D eigenvalue weighted by Crippen LogP contribution is -2.36. The van der Waals surface area contributed by atoms with Crippen molar-refractivity contribution in [3.05, 3.63) is 65.7 Å². The second-order valence-electron chi connectivity index (χ2n) is 5.60. The summed E-state index contributed by atoms with van der Waals surface area (Å²) < 4.78 is 32.1. The molecule has 1 aliphatic rings. The third kappa shape index (κ3) is 4.06. The van der Waals surface area contributed by atoms with E-state index in [4.69, 9.17) is 4.74 Å². The molecule has 2 aromatic carbocycles. The summed E-state index contributed by atoms with van der Waals surface area (Å²) in [5, 5.41) is 0. The van der Waals surface area contributed by atoms with Crippen LogP contribution in [0.25, 0.3) is 0 Å². The monoisotopic (exact) mass is 317 g/mol. The van der Waals surface area contributed by atoms with Crippen LogP contribution in [0.2, 0.25) is 0 Å². The second-order valence-corrected chi connectivity index (χ2v) is 5.60. The molecule has 0 aromatic heterocycles. The lowest BCUT2D eigenvalue weighted by atomic mass is 10.2. The molecule has 0 atom stereocenters. The maximum Gasteiger partial charge on any atom is 0.261 e. The standard InChI is InChI=1S/C18H17F2NO2/c19-14-5-3-4-13(10-14)11-21(15-8-9-15)18(22)12-23-17-7-2-1-6-16(17)20/h1-7,10,15H,8-9,11-12H2. The minimum Gasteiger partial charge on any atom is -0.481 e. The molecular formula is C18H17F2NO2. The van der Waals surface area contributed by atoms with Crippen LogP contribution < -0.4 is 4.74 Å². The van der Waals surface area contributed by atoms with Crippen molar-refractivity contribution in [3.63, 3.8) is 0 Å². The molecule has 2 aromatic rings. The summed E-state index contributed by atoms with van der Waals surface area (Å²) in [5.41, 5.74) is 0.733. The Bertz CT molecular complexity index is 701. The molecular weight excluding hydrogens is 300 g/mol. The van der Waals surface area contributed by atoms with Gasteiger partial charge in [-0.15, -0.1) is 0 Å². The van der Waals surface area contributed by atoms with E-state index in [1.807, 2.05) is 0 Å². The van der Waals surface area contributed by atoms with Gasteiger partial charge in [0, 0.05) is 12.6 Å². The maximum atomic E-state index is 13.5. The van der Waals surface area contributed by atoms with Crippen LogP contribution in [0.15, 0.2) is 48.5 Å². The number of halogens is 2. The Hall–Kier alpha value is -2.43. The van der Waals surface area contributed by atoms with Gasteiger partial charge in [0.2, 0.25) is 0 Å². The predicted octanol–water partition coefficient (Wildman–Crippen LogP) is 3.53. The Labute approximate surface area is 133 Å². The molecule has 1 saturated carbocycles. The van der Waals surface area contributed by atoms with Crippen LogP contribution >= 0.6 is 0 Å². The first-order valence-electron chi connectivity index (χ1n) is 7.55. The fraction of sp³-hybridized carbons (Fsp3) is 0.278. The van der Waals surface area contributed by atoms with E-state index in [1.54, 1.807) is 29.2 Å². The molecule has 3 nitrogen and oxygen atoms in total. The molecule has 5 heteroatoms. The minimum absolute atomic E-state index is 0.0577. The van der Waals surface area contributed by atoms with E-state index in [0.29, 0.717) is 6.54 Å². The summed E-state index contributed by atoms with van der Waals surface area (Å²) >= 11 is 0. The molecule has 3 rings (SSSR count). The molecule has 0 unspecified atom stereocenters. The Morgan fingerprint density at radius 2 is 1.91 bits per heavy atom. The number of hydrogen-bond acceptors (Lipinski definition) is 2. The number of rotatable bonds is 6. The minimum atomic E-state index is -0.497. The molecule has 0 saturated heterocycles. The van der Waals surface area contributed by atoms with Crippen molar-refractivity contribution >= 4 is 5.91 Å². The van der Waals surface area contributed by atoms with Gasteiger partial charge in [-0.3, -0.25) is 4.79 Å². The van der Waals surface area contributed by atoms with E-state index in [1.165, 1.54) is 24.3 Å². The van der Waals surface area contributed by atoms with Crippen molar-refractivity contribution in [1.82, 2.24) is 4.90 Å². The van der Waals surface area contributed by atoms with E-state index in [0.717, 1.165) is 18.4 Å². The molecule has 0 heterocycles. The normalized spacial score (nSPS) is 13.7. The van der Waals surface area contributed by atoms with E-state index in [9.17, 15) is 13.6 Å². The van der Waals surface area contributed by atoms with Gasteiger partial charge in [-0.1, -0.05) is 24.3 Å². The highest BCUT2D eigenvalue weighted by Gasteiger charge is 2.32. The van der Waals surface area contributed by atoms with E-state index in [-0.39, 0.29) is 30.1 Å². The molecule has 1 aliphatic carbocycles. The fourth-order valence-electron chi connectivity index (χ4n) is 2.42. The summed E-state index contributed by atoms with van der Waals surface area (Å²) in [7, 11) is 0. The molecule has 0 radical (unpaired) electrons. The van der Waals surface area contributed by atoms with Crippen LogP contribution in [0.5, 0.6) is 5.75 Å². The second kappa shape index (κ2) is 6.77. The van der Waals surface area contributed by atoms with Gasteiger partial charge >= 0.3 is 0 Å². The largest absolute Gasteiger partial charge is 0.481 e. The van der Waals surface area contributed by atoms with Crippen molar-refractivity contribution in [2.75, 3.05) is 6.61 Å². The summed E-state index contributed by atoms with van der Waals surface area (Å²) in [4.78, 5) is 14.1. The number of carbonyl (C=O) groups is 1. The van der Waals surface area contributed by atoms with Crippen molar-refractivity contribution < 1.29 is 18.3 Å². The number of nitrogens with zero attached hydrogens (tertiary/aromatic N) is 1. The molecule has 0 spiro atoms. The Morgan fingerprint density at radius 1 is 1.13 bits per heavy atom. The van der Waals surface area contributed by atoms with E-state index >= 15 is 0 Å². The van der Waals surface area contributed by atoms with E-state index in [2.05, 4.69) is 0 Å².